The van der Waals surface area contributed by atoms with Crippen molar-refractivity contribution in [2.24, 2.45) is 0 Å². The summed E-state index contributed by atoms with van der Waals surface area (Å²) in [6, 6.07) is 22.5. The first-order valence-electron chi connectivity index (χ1n) is 8.88. The van der Waals surface area contributed by atoms with Crippen LogP contribution >= 0.6 is 0 Å². The number of para-hydroxylation sites is 1. The Bertz CT molecular complexity index is 923. The molecule has 0 N–H and O–H groups in total. The molecule has 0 aromatic heterocycles. The van der Waals surface area contributed by atoms with Crippen LogP contribution in [0.4, 0.5) is 5.69 Å². The van der Waals surface area contributed by atoms with E-state index in [1.807, 2.05) is 54.6 Å². The highest BCUT2D eigenvalue weighted by Gasteiger charge is 2.20. The molecule has 144 valence electrons. The van der Waals surface area contributed by atoms with Gasteiger partial charge < -0.3 is 19.1 Å². The maximum absolute atomic E-state index is 13.3. The van der Waals surface area contributed by atoms with Gasteiger partial charge in [-0.3, -0.25) is 4.79 Å². The molecule has 0 spiro atoms. The van der Waals surface area contributed by atoms with Gasteiger partial charge in [-0.1, -0.05) is 30.3 Å². The number of anilines is 1. The fourth-order valence-electron chi connectivity index (χ4n) is 2.93. The standard InChI is InChI=1S/C23H23NO4/c1-26-20-12-9-17(10-13-20)16-24(19-7-5-4-6-8-19)23(25)18-11-14-21(27-2)22(15-18)28-3/h4-15H,16H2,1-3H3. The Balaban J connectivity index is 1.95. The predicted molar refractivity (Wildman–Crippen MR) is 109 cm³/mol. The van der Waals surface area contributed by atoms with Gasteiger partial charge in [-0.2, -0.15) is 0 Å². The minimum absolute atomic E-state index is 0.122. The average molecular weight is 377 g/mol. The maximum Gasteiger partial charge on any atom is 0.258 e. The van der Waals surface area contributed by atoms with Gasteiger partial charge in [-0.25, -0.2) is 0 Å². The Hall–Kier alpha value is -3.47. The number of ether oxygens (including phenoxy) is 3. The zero-order valence-electron chi connectivity index (χ0n) is 16.2. The Morgan fingerprint density at radius 1 is 0.786 bits per heavy atom. The smallest absolute Gasteiger partial charge is 0.258 e. The lowest BCUT2D eigenvalue weighted by Crippen LogP contribution is -2.30. The molecule has 0 saturated carbocycles. The second-order valence-corrected chi connectivity index (χ2v) is 6.14. The van der Waals surface area contributed by atoms with E-state index in [1.54, 1.807) is 44.4 Å². The minimum Gasteiger partial charge on any atom is -0.497 e. The largest absolute Gasteiger partial charge is 0.497 e. The summed E-state index contributed by atoms with van der Waals surface area (Å²) in [6.45, 7) is 0.432. The number of amides is 1. The van der Waals surface area contributed by atoms with E-state index in [1.165, 1.54) is 0 Å². The molecule has 0 aliphatic carbocycles. The molecule has 5 nitrogen and oxygen atoms in total. The van der Waals surface area contributed by atoms with Crippen molar-refractivity contribution in [3.8, 4) is 17.2 Å². The van der Waals surface area contributed by atoms with Crippen LogP contribution < -0.4 is 19.1 Å². The summed E-state index contributed by atoms with van der Waals surface area (Å²) in [5.74, 6) is 1.76. The van der Waals surface area contributed by atoms with Crippen molar-refractivity contribution >= 4 is 11.6 Å². The molecule has 0 fully saturated rings. The zero-order chi connectivity index (χ0) is 19.9. The molecule has 5 heteroatoms. The van der Waals surface area contributed by atoms with E-state index < -0.39 is 0 Å². The van der Waals surface area contributed by atoms with E-state index in [4.69, 9.17) is 14.2 Å². The number of carbonyl (C=O) groups is 1. The zero-order valence-corrected chi connectivity index (χ0v) is 16.2. The van der Waals surface area contributed by atoms with Gasteiger partial charge in [0.05, 0.1) is 27.9 Å². The van der Waals surface area contributed by atoms with E-state index in [0.29, 0.717) is 23.6 Å². The lowest BCUT2D eigenvalue weighted by Gasteiger charge is -2.24. The third kappa shape index (κ3) is 4.26. The number of nitrogens with zero attached hydrogens (tertiary/aromatic N) is 1. The van der Waals surface area contributed by atoms with Crippen LogP contribution in [0.25, 0.3) is 0 Å². The summed E-state index contributed by atoms with van der Waals surface area (Å²) in [4.78, 5) is 15.1. The van der Waals surface area contributed by atoms with Crippen molar-refractivity contribution in [1.82, 2.24) is 0 Å². The van der Waals surface area contributed by atoms with Crippen LogP contribution in [0.3, 0.4) is 0 Å². The highest BCUT2D eigenvalue weighted by atomic mass is 16.5. The van der Waals surface area contributed by atoms with Gasteiger partial charge in [-0.15, -0.1) is 0 Å². The summed E-state index contributed by atoms with van der Waals surface area (Å²) in [7, 11) is 4.75. The van der Waals surface area contributed by atoms with Crippen molar-refractivity contribution in [3.05, 3.63) is 83.9 Å². The first kappa shape index (κ1) is 19.3. The SMILES string of the molecule is COc1ccc(CN(C(=O)c2ccc(OC)c(OC)c2)c2ccccc2)cc1. The second-order valence-electron chi connectivity index (χ2n) is 6.14. The molecule has 3 rings (SSSR count). The van der Waals surface area contributed by atoms with Gasteiger partial charge in [0.25, 0.3) is 5.91 Å². The summed E-state index contributed by atoms with van der Waals surface area (Å²) >= 11 is 0. The molecule has 0 unspecified atom stereocenters. The minimum atomic E-state index is -0.122. The molecule has 0 heterocycles. The van der Waals surface area contributed by atoms with Gasteiger partial charge in [0, 0.05) is 11.3 Å². The third-order valence-electron chi connectivity index (χ3n) is 4.44. The molecule has 1 amide bonds. The number of carbonyl (C=O) groups excluding carboxylic acids is 1. The second kappa shape index (κ2) is 8.95. The first-order valence-corrected chi connectivity index (χ1v) is 8.88. The van der Waals surface area contributed by atoms with Crippen LogP contribution in [0.5, 0.6) is 17.2 Å². The summed E-state index contributed by atoms with van der Waals surface area (Å²) in [5.41, 5.74) is 2.34. The van der Waals surface area contributed by atoms with E-state index in [9.17, 15) is 4.79 Å². The van der Waals surface area contributed by atoms with Gasteiger partial charge in [0.2, 0.25) is 0 Å². The molecular weight excluding hydrogens is 354 g/mol. The van der Waals surface area contributed by atoms with Crippen molar-refractivity contribution in [3.63, 3.8) is 0 Å². The maximum atomic E-state index is 13.3. The monoisotopic (exact) mass is 377 g/mol. The van der Waals surface area contributed by atoms with Gasteiger partial charge in [0.15, 0.2) is 11.5 Å². The van der Waals surface area contributed by atoms with Crippen molar-refractivity contribution in [1.29, 1.82) is 0 Å². The van der Waals surface area contributed by atoms with Crippen molar-refractivity contribution in [2.45, 2.75) is 6.54 Å². The Labute approximate surface area is 165 Å². The van der Waals surface area contributed by atoms with Crippen molar-refractivity contribution in [2.75, 3.05) is 26.2 Å². The summed E-state index contributed by atoms with van der Waals surface area (Å²) in [6.07, 6.45) is 0. The normalized spacial score (nSPS) is 10.2. The summed E-state index contributed by atoms with van der Waals surface area (Å²) in [5, 5.41) is 0. The topological polar surface area (TPSA) is 48.0 Å². The lowest BCUT2D eigenvalue weighted by atomic mass is 10.1. The molecule has 0 atom stereocenters. The number of methoxy groups -OCH3 is 3. The molecule has 0 radical (unpaired) electrons. The fraction of sp³-hybridized carbons (Fsp3) is 0.174. The molecule has 3 aromatic rings. The van der Waals surface area contributed by atoms with Gasteiger partial charge in [0.1, 0.15) is 5.75 Å². The molecule has 0 bridgehead atoms. The molecule has 0 saturated heterocycles. The van der Waals surface area contributed by atoms with Crippen LogP contribution in [-0.4, -0.2) is 27.2 Å². The highest BCUT2D eigenvalue weighted by Crippen LogP contribution is 2.29. The van der Waals surface area contributed by atoms with Crippen molar-refractivity contribution < 1.29 is 19.0 Å². The average Bonchev–Trinajstić information content (AvgIpc) is 2.77. The fourth-order valence-corrected chi connectivity index (χ4v) is 2.93. The van der Waals surface area contributed by atoms with Crippen LogP contribution in [-0.2, 0) is 6.54 Å². The molecule has 28 heavy (non-hydrogen) atoms. The van der Waals surface area contributed by atoms with Crippen LogP contribution in [0.15, 0.2) is 72.8 Å². The van der Waals surface area contributed by atoms with E-state index >= 15 is 0 Å². The number of rotatable bonds is 7. The van der Waals surface area contributed by atoms with E-state index in [-0.39, 0.29) is 5.91 Å². The third-order valence-corrected chi connectivity index (χ3v) is 4.44. The van der Waals surface area contributed by atoms with E-state index in [0.717, 1.165) is 17.0 Å². The Morgan fingerprint density at radius 2 is 1.46 bits per heavy atom. The number of hydrogen-bond donors (Lipinski definition) is 0. The molecular formula is C23H23NO4. The number of benzene rings is 3. The quantitative estimate of drug-likeness (QED) is 0.606. The van der Waals surface area contributed by atoms with E-state index in [2.05, 4.69) is 0 Å². The Kier molecular flexibility index (Phi) is 6.17. The lowest BCUT2D eigenvalue weighted by molar-refractivity contribution is 0.0984. The predicted octanol–water partition coefficient (Wildman–Crippen LogP) is 4.56. The highest BCUT2D eigenvalue weighted by molar-refractivity contribution is 6.06. The number of hydrogen-bond acceptors (Lipinski definition) is 4. The van der Waals surface area contributed by atoms with Crippen LogP contribution in [0.2, 0.25) is 0 Å². The van der Waals surface area contributed by atoms with Gasteiger partial charge >= 0.3 is 0 Å². The molecule has 0 aliphatic rings. The summed E-state index contributed by atoms with van der Waals surface area (Å²) < 4.78 is 15.8. The molecule has 3 aromatic carbocycles. The Morgan fingerprint density at radius 3 is 2.07 bits per heavy atom. The van der Waals surface area contributed by atoms with Gasteiger partial charge in [-0.05, 0) is 48.0 Å². The van der Waals surface area contributed by atoms with Crippen LogP contribution in [0, 0.1) is 0 Å². The van der Waals surface area contributed by atoms with Crippen LogP contribution in [0.1, 0.15) is 15.9 Å². The first-order chi connectivity index (χ1) is 13.7. The molecule has 0 aliphatic heterocycles.